The first-order chi connectivity index (χ1) is 9.79. The molecule has 3 rings (SSSR count). The number of benzene rings is 2. The lowest BCUT2D eigenvalue weighted by atomic mass is 10.0. The minimum Gasteiger partial charge on any atom is -0.409 e. The molecule has 2 aromatic carbocycles. The zero-order valence-electron chi connectivity index (χ0n) is 11.2. The van der Waals surface area contributed by atoms with E-state index in [1.54, 1.807) is 0 Å². The summed E-state index contributed by atoms with van der Waals surface area (Å²) in [4.78, 5) is 2.31. The molecule has 0 fully saturated rings. The Morgan fingerprint density at radius 1 is 1.10 bits per heavy atom. The Morgan fingerprint density at radius 3 is 2.60 bits per heavy atom. The van der Waals surface area contributed by atoms with Gasteiger partial charge in [-0.05, 0) is 48.7 Å². The summed E-state index contributed by atoms with van der Waals surface area (Å²) >= 11 is 0. The Bertz CT molecular complexity index is 634. The second-order valence-corrected chi connectivity index (χ2v) is 4.92. The normalized spacial score (nSPS) is 15.0. The fourth-order valence-corrected chi connectivity index (χ4v) is 2.67. The maximum absolute atomic E-state index is 8.69. The van der Waals surface area contributed by atoms with Gasteiger partial charge in [0.05, 0.1) is 0 Å². The summed E-state index contributed by atoms with van der Waals surface area (Å²) in [6.45, 7) is 1.01. The van der Waals surface area contributed by atoms with Gasteiger partial charge in [-0.15, -0.1) is 0 Å². The molecule has 0 bridgehead atoms. The molecule has 0 saturated heterocycles. The van der Waals surface area contributed by atoms with Crippen molar-refractivity contribution in [2.45, 2.75) is 12.8 Å². The summed E-state index contributed by atoms with van der Waals surface area (Å²) in [6.07, 6.45) is 2.29. The van der Waals surface area contributed by atoms with Crippen LogP contribution in [0.3, 0.4) is 0 Å². The molecule has 3 N–H and O–H groups in total. The van der Waals surface area contributed by atoms with E-state index in [-0.39, 0.29) is 5.84 Å². The van der Waals surface area contributed by atoms with Crippen molar-refractivity contribution in [2.24, 2.45) is 10.9 Å². The van der Waals surface area contributed by atoms with Gasteiger partial charge in [0, 0.05) is 23.5 Å². The van der Waals surface area contributed by atoms with Crippen LogP contribution in [0.15, 0.2) is 53.7 Å². The van der Waals surface area contributed by atoms with E-state index >= 15 is 0 Å². The average molecular weight is 267 g/mol. The molecule has 0 aliphatic carbocycles. The number of para-hydroxylation sites is 1. The maximum atomic E-state index is 8.69. The molecule has 4 nitrogen and oxygen atoms in total. The number of nitrogens with two attached hydrogens (primary N) is 1. The van der Waals surface area contributed by atoms with E-state index in [1.165, 1.54) is 11.3 Å². The van der Waals surface area contributed by atoms with Crippen LogP contribution in [-0.2, 0) is 6.42 Å². The summed E-state index contributed by atoms with van der Waals surface area (Å²) in [7, 11) is 0. The maximum Gasteiger partial charge on any atom is 0.170 e. The Labute approximate surface area is 118 Å². The Balaban J connectivity index is 1.95. The molecule has 1 aliphatic rings. The molecule has 0 radical (unpaired) electrons. The molecule has 1 heterocycles. The highest BCUT2D eigenvalue weighted by Gasteiger charge is 2.17. The molecule has 0 amide bonds. The second kappa shape index (κ2) is 5.25. The summed E-state index contributed by atoms with van der Waals surface area (Å²) in [5.74, 6) is 0.135. The van der Waals surface area contributed by atoms with Gasteiger partial charge in [0.25, 0.3) is 0 Å². The van der Waals surface area contributed by atoms with Crippen molar-refractivity contribution in [3.05, 3.63) is 59.7 Å². The average Bonchev–Trinajstić information content (AvgIpc) is 2.54. The number of nitrogens with zero attached hydrogens (tertiary/aromatic N) is 2. The predicted octanol–water partition coefficient (Wildman–Crippen LogP) is 2.87. The Morgan fingerprint density at radius 2 is 1.85 bits per heavy atom. The molecule has 0 saturated carbocycles. The highest BCUT2D eigenvalue weighted by molar-refractivity contribution is 5.97. The van der Waals surface area contributed by atoms with Crippen LogP contribution in [0.4, 0.5) is 11.4 Å². The van der Waals surface area contributed by atoms with Crippen LogP contribution in [0.1, 0.15) is 17.5 Å². The quantitative estimate of drug-likeness (QED) is 0.380. The van der Waals surface area contributed by atoms with Crippen LogP contribution in [0, 0.1) is 0 Å². The third-order valence-electron chi connectivity index (χ3n) is 3.69. The molecular formula is C16H17N3O. The molecule has 20 heavy (non-hydrogen) atoms. The lowest BCUT2D eigenvalue weighted by molar-refractivity contribution is 0.318. The molecular weight excluding hydrogens is 250 g/mol. The largest absolute Gasteiger partial charge is 0.409 e. The predicted molar refractivity (Wildman–Crippen MR) is 80.7 cm³/mol. The zero-order valence-corrected chi connectivity index (χ0v) is 11.2. The van der Waals surface area contributed by atoms with Crippen LogP contribution in [0.2, 0.25) is 0 Å². The number of hydrogen-bond donors (Lipinski definition) is 2. The number of amidine groups is 1. The van der Waals surface area contributed by atoms with E-state index in [9.17, 15) is 0 Å². The van der Waals surface area contributed by atoms with Crippen LogP contribution < -0.4 is 10.6 Å². The number of oxime groups is 1. The highest BCUT2D eigenvalue weighted by Crippen LogP contribution is 2.33. The molecule has 0 spiro atoms. The summed E-state index contributed by atoms with van der Waals surface area (Å²) in [5.41, 5.74) is 10.1. The van der Waals surface area contributed by atoms with Gasteiger partial charge in [-0.25, -0.2) is 0 Å². The summed E-state index contributed by atoms with van der Waals surface area (Å²) in [6, 6.07) is 16.3. The molecule has 1 aliphatic heterocycles. The monoisotopic (exact) mass is 267 g/mol. The van der Waals surface area contributed by atoms with Gasteiger partial charge >= 0.3 is 0 Å². The van der Waals surface area contributed by atoms with Gasteiger partial charge in [0.2, 0.25) is 0 Å². The van der Waals surface area contributed by atoms with E-state index in [0.29, 0.717) is 0 Å². The van der Waals surface area contributed by atoms with Crippen LogP contribution >= 0.6 is 0 Å². The standard InChI is InChI=1S/C16H17N3O/c17-16(18-20)13-7-9-14(10-8-13)19-11-3-5-12-4-1-2-6-15(12)19/h1-2,4,6-10,20H,3,5,11H2,(H2,17,18). The molecule has 102 valence electrons. The van der Waals surface area contributed by atoms with Gasteiger partial charge in [-0.3, -0.25) is 0 Å². The lowest BCUT2D eigenvalue weighted by Gasteiger charge is -2.31. The van der Waals surface area contributed by atoms with Gasteiger partial charge in [0.15, 0.2) is 5.84 Å². The van der Waals surface area contributed by atoms with Gasteiger partial charge in [-0.2, -0.15) is 0 Å². The minimum atomic E-state index is 0.135. The first kappa shape index (κ1) is 12.5. The van der Waals surface area contributed by atoms with Gasteiger partial charge in [0.1, 0.15) is 0 Å². The molecule has 2 aromatic rings. The van der Waals surface area contributed by atoms with Crippen LogP contribution in [0.5, 0.6) is 0 Å². The van der Waals surface area contributed by atoms with E-state index in [0.717, 1.165) is 30.6 Å². The highest BCUT2D eigenvalue weighted by atomic mass is 16.4. The lowest BCUT2D eigenvalue weighted by Crippen LogP contribution is -2.24. The van der Waals surface area contributed by atoms with Crippen molar-refractivity contribution >= 4 is 17.2 Å². The SMILES string of the molecule is N/C(=N\O)c1ccc(N2CCCc3ccccc32)cc1. The van der Waals surface area contributed by atoms with E-state index in [1.807, 2.05) is 24.3 Å². The van der Waals surface area contributed by atoms with Gasteiger partial charge < -0.3 is 15.8 Å². The molecule has 4 heteroatoms. The third-order valence-corrected chi connectivity index (χ3v) is 3.69. The zero-order chi connectivity index (χ0) is 13.9. The Hall–Kier alpha value is -2.49. The van der Waals surface area contributed by atoms with E-state index < -0.39 is 0 Å². The first-order valence-electron chi connectivity index (χ1n) is 6.73. The number of anilines is 2. The van der Waals surface area contributed by atoms with Crippen molar-refractivity contribution in [2.75, 3.05) is 11.4 Å². The molecule has 0 unspecified atom stereocenters. The topological polar surface area (TPSA) is 61.9 Å². The summed E-state index contributed by atoms with van der Waals surface area (Å²) in [5, 5.41) is 11.7. The smallest absolute Gasteiger partial charge is 0.170 e. The number of rotatable bonds is 2. The second-order valence-electron chi connectivity index (χ2n) is 4.92. The van der Waals surface area contributed by atoms with Crippen LogP contribution in [0.25, 0.3) is 0 Å². The first-order valence-corrected chi connectivity index (χ1v) is 6.73. The fourth-order valence-electron chi connectivity index (χ4n) is 2.67. The Kier molecular flexibility index (Phi) is 3.29. The number of fused-ring (bicyclic) bond motifs is 1. The fraction of sp³-hybridized carbons (Fsp3) is 0.188. The van der Waals surface area contributed by atoms with Crippen molar-refractivity contribution in [3.8, 4) is 0 Å². The van der Waals surface area contributed by atoms with Crippen LogP contribution in [-0.4, -0.2) is 17.6 Å². The number of aryl methyl sites for hydroxylation is 1. The van der Waals surface area contributed by atoms with Crippen molar-refractivity contribution in [1.29, 1.82) is 0 Å². The van der Waals surface area contributed by atoms with E-state index in [2.05, 4.69) is 34.3 Å². The van der Waals surface area contributed by atoms with Gasteiger partial charge in [-0.1, -0.05) is 23.4 Å². The molecule has 0 aromatic heterocycles. The molecule has 0 atom stereocenters. The van der Waals surface area contributed by atoms with Crippen molar-refractivity contribution < 1.29 is 5.21 Å². The third kappa shape index (κ3) is 2.20. The number of hydrogen-bond acceptors (Lipinski definition) is 3. The van der Waals surface area contributed by atoms with Crippen molar-refractivity contribution in [1.82, 2.24) is 0 Å². The van der Waals surface area contributed by atoms with Crippen molar-refractivity contribution in [3.63, 3.8) is 0 Å². The summed E-state index contributed by atoms with van der Waals surface area (Å²) < 4.78 is 0. The van der Waals surface area contributed by atoms with E-state index in [4.69, 9.17) is 10.9 Å². The minimum absolute atomic E-state index is 0.135.